The van der Waals surface area contributed by atoms with E-state index in [1.807, 2.05) is 30.3 Å². The molecule has 1 aliphatic carbocycles. The number of hydrogen-bond donors (Lipinski definition) is 3. The molecule has 1 amide bonds. The lowest BCUT2D eigenvalue weighted by atomic mass is 9.75. The molecule has 0 spiro atoms. The van der Waals surface area contributed by atoms with Crippen LogP contribution < -0.4 is 15.4 Å². The topological polar surface area (TPSA) is 70.6 Å². The maximum Gasteiger partial charge on any atom is 0.217 e. The number of rotatable bonds is 12. The van der Waals surface area contributed by atoms with Gasteiger partial charge in [0.25, 0.3) is 0 Å². The van der Waals surface area contributed by atoms with Crippen molar-refractivity contribution < 1.29 is 19.0 Å². The van der Waals surface area contributed by atoms with Gasteiger partial charge in [-0.2, -0.15) is 0 Å². The van der Waals surface area contributed by atoms with E-state index >= 15 is 0 Å². The number of carbonyl (C=O) groups excluding carboxylic acids is 1. The molecule has 3 aromatic carbocycles. The van der Waals surface area contributed by atoms with E-state index in [2.05, 4.69) is 48.7 Å². The van der Waals surface area contributed by atoms with Gasteiger partial charge in [-0.15, -0.1) is 12.4 Å². The number of aliphatic hydroxyl groups is 1. The van der Waals surface area contributed by atoms with Crippen LogP contribution in [0.25, 0.3) is 0 Å². The van der Waals surface area contributed by atoms with Crippen molar-refractivity contribution in [1.29, 1.82) is 0 Å². The monoisotopic (exact) mass is 582 g/mol. The lowest BCUT2D eigenvalue weighted by Gasteiger charge is -2.40. The fraction of sp³-hybridized carbons (Fsp3) is 0.441. The summed E-state index contributed by atoms with van der Waals surface area (Å²) in [5.41, 5.74) is 3.99. The number of benzene rings is 3. The maximum absolute atomic E-state index is 14.9. The molecule has 0 heterocycles. The van der Waals surface area contributed by atoms with E-state index in [-0.39, 0.29) is 36.2 Å². The Kier molecular flexibility index (Phi) is 12.2. The molecule has 5 nitrogen and oxygen atoms in total. The smallest absolute Gasteiger partial charge is 0.217 e. The van der Waals surface area contributed by atoms with Crippen molar-refractivity contribution in [3.05, 3.63) is 101 Å². The van der Waals surface area contributed by atoms with Crippen molar-refractivity contribution in [2.75, 3.05) is 6.54 Å². The molecule has 222 valence electrons. The average Bonchev–Trinajstić information content (AvgIpc) is 2.96. The van der Waals surface area contributed by atoms with E-state index in [9.17, 15) is 14.3 Å². The van der Waals surface area contributed by atoms with Crippen LogP contribution in [-0.4, -0.2) is 29.7 Å². The molecule has 4 rings (SSSR count). The summed E-state index contributed by atoms with van der Waals surface area (Å²) < 4.78 is 20.6. The Morgan fingerprint density at radius 3 is 2.37 bits per heavy atom. The largest absolute Gasteiger partial charge is 0.486 e. The summed E-state index contributed by atoms with van der Waals surface area (Å²) in [5.74, 6) is -0.0854. The van der Waals surface area contributed by atoms with Crippen molar-refractivity contribution in [3.8, 4) is 5.75 Å². The van der Waals surface area contributed by atoms with Crippen LogP contribution in [0.15, 0.2) is 72.8 Å². The Balaban J connectivity index is 0.00000462. The van der Waals surface area contributed by atoms with Crippen molar-refractivity contribution >= 4 is 18.3 Å². The maximum atomic E-state index is 14.9. The van der Waals surface area contributed by atoms with Gasteiger partial charge in [-0.1, -0.05) is 93.8 Å². The van der Waals surface area contributed by atoms with E-state index in [0.717, 1.165) is 31.2 Å². The molecule has 0 radical (unpaired) electrons. The molecule has 1 aliphatic rings. The summed E-state index contributed by atoms with van der Waals surface area (Å²) in [5, 5.41) is 17.9. The zero-order valence-corrected chi connectivity index (χ0v) is 25.2. The first kappa shape index (κ1) is 32.6. The molecule has 0 bridgehead atoms. The van der Waals surface area contributed by atoms with Gasteiger partial charge in [0.05, 0.1) is 12.1 Å². The van der Waals surface area contributed by atoms with Crippen LogP contribution in [0.2, 0.25) is 0 Å². The summed E-state index contributed by atoms with van der Waals surface area (Å²) in [6, 6.07) is 22.7. The van der Waals surface area contributed by atoms with Crippen LogP contribution in [0.5, 0.6) is 5.75 Å². The fourth-order valence-corrected chi connectivity index (χ4v) is 5.68. The Morgan fingerprint density at radius 2 is 1.71 bits per heavy atom. The van der Waals surface area contributed by atoms with Gasteiger partial charge >= 0.3 is 0 Å². The van der Waals surface area contributed by atoms with Gasteiger partial charge in [0, 0.05) is 19.0 Å². The summed E-state index contributed by atoms with van der Waals surface area (Å²) in [6.45, 7) is 6.43. The molecule has 0 saturated heterocycles. The molecule has 2 atom stereocenters. The summed E-state index contributed by atoms with van der Waals surface area (Å²) >= 11 is 0. The van der Waals surface area contributed by atoms with Gasteiger partial charge in [0.1, 0.15) is 6.61 Å². The fourth-order valence-electron chi connectivity index (χ4n) is 5.68. The van der Waals surface area contributed by atoms with E-state index < -0.39 is 18.0 Å². The molecule has 0 unspecified atom stereocenters. The molecular weight excluding hydrogens is 539 g/mol. The number of amides is 1. The molecule has 1 fully saturated rings. The summed E-state index contributed by atoms with van der Waals surface area (Å²) in [7, 11) is 0. The molecule has 3 aromatic rings. The third kappa shape index (κ3) is 9.03. The Morgan fingerprint density at radius 1 is 0.976 bits per heavy atom. The van der Waals surface area contributed by atoms with Crippen LogP contribution in [-0.2, 0) is 23.4 Å². The molecular formula is C34H44ClFN2O3. The van der Waals surface area contributed by atoms with Crippen molar-refractivity contribution in [2.45, 2.75) is 89.5 Å². The highest BCUT2D eigenvalue weighted by Gasteiger charge is 2.35. The van der Waals surface area contributed by atoms with E-state index in [4.69, 9.17) is 4.74 Å². The standard InChI is InChI=1S/C34H43FN2O3.ClH/c1-24(2)28-13-10-14-29(21-28)34(17-8-5-9-18-34)36-22-32(39)31(37-25(3)38)20-27-15-16-33(30(35)19-27)40-23-26-11-6-4-7-12-26;/h4,6-7,10-16,19,21,24,31-32,36,39H,5,8-9,17-18,20,22-23H2,1-3H3,(H,37,38);1H/t31-,32+;/m0./s1. The number of halogens is 2. The predicted molar refractivity (Wildman–Crippen MR) is 165 cm³/mol. The SMILES string of the molecule is CC(=O)N[C@@H](Cc1ccc(OCc2ccccc2)c(F)c1)[C@H](O)CNC1(c2cccc(C(C)C)c2)CCCCC1.Cl. The Bertz CT molecular complexity index is 1250. The first-order chi connectivity index (χ1) is 19.3. The van der Waals surface area contributed by atoms with Gasteiger partial charge in [0.15, 0.2) is 11.6 Å². The second-order valence-electron chi connectivity index (χ2n) is 11.4. The van der Waals surface area contributed by atoms with Crippen molar-refractivity contribution in [1.82, 2.24) is 10.6 Å². The number of ether oxygens (including phenoxy) is 1. The second kappa shape index (κ2) is 15.3. The summed E-state index contributed by atoms with van der Waals surface area (Å²) in [4.78, 5) is 12.0. The number of hydrogen-bond acceptors (Lipinski definition) is 4. The van der Waals surface area contributed by atoms with Gasteiger partial charge in [-0.05, 0) is 59.6 Å². The first-order valence-corrected chi connectivity index (χ1v) is 14.5. The third-order valence-corrected chi connectivity index (χ3v) is 8.00. The minimum Gasteiger partial charge on any atom is -0.486 e. The third-order valence-electron chi connectivity index (χ3n) is 8.00. The van der Waals surface area contributed by atoms with E-state index in [1.165, 1.54) is 30.5 Å². The highest BCUT2D eigenvalue weighted by atomic mass is 35.5. The number of nitrogens with one attached hydrogen (secondary N) is 2. The first-order valence-electron chi connectivity index (χ1n) is 14.5. The van der Waals surface area contributed by atoms with E-state index in [0.29, 0.717) is 24.4 Å². The zero-order valence-electron chi connectivity index (χ0n) is 24.4. The van der Waals surface area contributed by atoms with E-state index in [1.54, 1.807) is 12.1 Å². The molecule has 41 heavy (non-hydrogen) atoms. The van der Waals surface area contributed by atoms with Crippen LogP contribution in [0.4, 0.5) is 4.39 Å². The van der Waals surface area contributed by atoms with Crippen LogP contribution >= 0.6 is 12.4 Å². The van der Waals surface area contributed by atoms with Crippen LogP contribution in [0.1, 0.15) is 81.0 Å². The van der Waals surface area contributed by atoms with Crippen LogP contribution in [0, 0.1) is 5.82 Å². The molecule has 3 N–H and O–H groups in total. The quantitative estimate of drug-likeness (QED) is 0.219. The Labute approximate surface area is 250 Å². The highest BCUT2D eigenvalue weighted by molar-refractivity contribution is 5.85. The molecule has 0 aliphatic heterocycles. The van der Waals surface area contributed by atoms with Crippen LogP contribution in [0.3, 0.4) is 0 Å². The number of carbonyl (C=O) groups is 1. The van der Waals surface area contributed by atoms with Gasteiger partial charge < -0.3 is 20.5 Å². The van der Waals surface area contributed by atoms with Crippen molar-refractivity contribution in [3.63, 3.8) is 0 Å². The Hall–Kier alpha value is -2.93. The minimum atomic E-state index is -0.854. The zero-order chi connectivity index (χ0) is 28.5. The van der Waals surface area contributed by atoms with Crippen molar-refractivity contribution in [2.24, 2.45) is 0 Å². The lowest BCUT2D eigenvalue weighted by Crippen LogP contribution is -2.53. The normalized spacial score (nSPS) is 16.0. The van der Waals surface area contributed by atoms with Gasteiger partial charge in [-0.25, -0.2) is 4.39 Å². The predicted octanol–water partition coefficient (Wildman–Crippen LogP) is 6.81. The lowest BCUT2D eigenvalue weighted by molar-refractivity contribution is -0.120. The highest BCUT2D eigenvalue weighted by Crippen LogP contribution is 2.38. The average molecular weight is 583 g/mol. The molecule has 1 saturated carbocycles. The molecule has 0 aromatic heterocycles. The van der Waals surface area contributed by atoms with Gasteiger partial charge in [0.2, 0.25) is 5.91 Å². The molecule has 7 heteroatoms. The number of aliphatic hydroxyl groups excluding tert-OH is 1. The summed E-state index contributed by atoms with van der Waals surface area (Å²) in [6.07, 6.45) is 4.91. The van der Waals surface area contributed by atoms with Gasteiger partial charge in [-0.3, -0.25) is 4.79 Å². The second-order valence-corrected chi connectivity index (χ2v) is 11.4. The minimum absolute atomic E-state index is 0.